The van der Waals surface area contributed by atoms with E-state index in [1.807, 2.05) is 13.8 Å². The first-order chi connectivity index (χ1) is 6.11. The number of nitrogens with one attached hydrogen (secondary N) is 1. The molecule has 0 aliphatic carbocycles. The molecule has 1 atom stereocenters. The Kier molecular flexibility index (Phi) is 6.32. The van der Waals surface area contributed by atoms with Gasteiger partial charge in [-0.1, -0.05) is 13.3 Å². The lowest BCUT2D eigenvalue weighted by Crippen LogP contribution is -2.40. The van der Waals surface area contributed by atoms with E-state index in [1.165, 1.54) is 0 Å². The minimum atomic E-state index is -0.417. The minimum absolute atomic E-state index is 0.127. The molecular weight excluding hydrogens is 168 g/mol. The Labute approximate surface area is 79.9 Å². The topological polar surface area (TPSA) is 52.6 Å². The van der Waals surface area contributed by atoms with Gasteiger partial charge in [0.05, 0.1) is 6.10 Å². The quantitative estimate of drug-likeness (QED) is 0.670. The van der Waals surface area contributed by atoms with E-state index in [-0.39, 0.29) is 6.03 Å². The predicted molar refractivity (Wildman–Crippen MR) is 52.6 cm³/mol. The Morgan fingerprint density at radius 2 is 2.15 bits per heavy atom. The summed E-state index contributed by atoms with van der Waals surface area (Å²) in [5, 5.41) is 12.0. The van der Waals surface area contributed by atoms with E-state index in [0.717, 1.165) is 12.8 Å². The highest BCUT2D eigenvalue weighted by molar-refractivity contribution is 5.73. The van der Waals surface area contributed by atoms with Gasteiger partial charge in [0.1, 0.15) is 0 Å². The van der Waals surface area contributed by atoms with E-state index in [4.69, 9.17) is 0 Å². The van der Waals surface area contributed by atoms with E-state index in [1.54, 1.807) is 11.9 Å². The zero-order chi connectivity index (χ0) is 10.3. The third-order valence-corrected chi connectivity index (χ3v) is 1.93. The summed E-state index contributed by atoms with van der Waals surface area (Å²) in [6.07, 6.45) is 1.25. The maximum absolute atomic E-state index is 11.2. The molecule has 0 aromatic carbocycles. The molecule has 0 aliphatic rings. The van der Waals surface area contributed by atoms with Crippen molar-refractivity contribution in [1.82, 2.24) is 10.2 Å². The zero-order valence-electron chi connectivity index (χ0n) is 8.71. The van der Waals surface area contributed by atoms with Gasteiger partial charge in [-0.15, -0.1) is 0 Å². The summed E-state index contributed by atoms with van der Waals surface area (Å²) in [6, 6.07) is -0.127. The summed E-state index contributed by atoms with van der Waals surface area (Å²) in [6.45, 7) is 4.93. The van der Waals surface area contributed by atoms with E-state index in [2.05, 4.69) is 5.32 Å². The molecule has 78 valence electrons. The number of carbonyl (C=O) groups excluding carboxylic acids is 1. The van der Waals surface area contributed by atoms with Gasteiger partial charge in [-0.05, 0) is 13.3 Å². The average molecular weight is 188 g/mol. The van der Waals surface area contributed by atoms with Crippen molar-refractivity contribution < 1.29 is 9.90 Å². The molecule has 0 aromatic rings. The van der Waals surface area contributed by atoms with Crippen molar-refractivity contribution in [3.8, 4) is 0 Å². The van der Waals surface area contributed by atoms with Crippen LogP contribution in [0.4, 0.5) is 4.79 Å². The average Bonchev–Trinajstić information content (AvgIpc) is 2.13. The first kappa shape index (κ1) is 12.2. The molecule has 0 rings (SSSR count). The number of amides is 2. The van der Waals surface area contributed by atoms with Crippen LogP contribution in [0.2, 0.25) is 0 Å². The van der Waals surface area contributed by atoms with E-state index in [0.29, 0.717) is 13.1 Å². The number of hydrogen-bond donors (Lipinski definition) is 2. The normalized spacial score (nSPS) is 12.3. The standard InChI is InChI=1S/C9H20N2O2/c1-4-6-8(12)7-10-9(13)11(3)5-2/h8,12H,4-7H2,1-3H3,(H,10,13). The van der Waals surface area contributed by atoms with Crippen LogP contribution in [-0.4, -0.2) is 42.3 Å². The number of rotatable bonds is 5. The van der Waals surface area contributed by atoms with Crippen molar-refractivity contribution in [2.24, 2.45) is 0 Å². The van der Waals surface area contributed by atoms with E-state index >= 15 is 0 Å². The number of nitrogens with zero attached hydrogens (tertiary/aromatic N) is 1. The first-order valence-corrected chi connectivity index (χ1v) is 4.78. The summed E-state index contributed by atoms with van der Waals surface area (Å²) in [5.74, 6) is 0. The summed E-state index contributed by atoms with van der Waals surface area (Å²) in [4.78, 5) is 12.8. The van der Waals surface area contributed by atoms with Gasteiger partial charge in [-0.25, -0.2) is 4.79 Å². The molecule has 0 bridgehead atoms. The molecule has 13 heavy (non-hydrogen) atoms. The summed E-state index contributed by atoms with van der Waals surface area (Å²) < 4.78 is 0. The van der Waals surface area contributed by atoms with Crippen molar-refractivity contribution in [3.63, 3.8) is 0 Å². The van der Waals surface area contributed by atoms with Gasteiger partial charge in [0.25, 0.3) is 0 Å². The maximum atomic E-state index is 11.2. The van der Waals surface area contributed by atoms with Crippen LogP contribution in [0.5, 0.6) is 0 Å². The second-order valence-electron chi connectivity index (χ2n) is 3.14. The molecule has 0 radical (unpaired) electrons. The second-order valence-corrected chi connectivity index (χ2v) is 3.14. The lowest BCUT2D eigenvalue weighted by atomic mass is 10.2. The highest BCUT2D eigenvalue weighted by Crippen LogP contribution is 1.94. The predicted octanol–water partition coefficient (Wildman–Crippen LogP) is 0.809. The second kappa shape index (κ2) is 6.71. The summed E-state index contributed by atoms with van der Waals surface area (Å²) in [7, 11) is 1.72. The van der Waals surface area contributed by atoms with Crippen molar-refractivity contribution in [1.29, 1.82) is 0 Å². The fraction of sp³-hybridized carbons (Fsp3) is 0.889. The van der Waals surface area contributed by atoms with Crippen LogP contribution in [0.25, 0.3) is 0 Å². The van der Waals surface area contributed by atoms with Gasteiger partial charge in [0.2, 0.25) is 0 Å². The number of carbonyl (C=O) groups is 1. The van der Waals surface area contributed by atoms with Crippen LogP contribution in [0.1, 0.15) is 26.7 Å². The van der Waals surface area contributed by atoms with Crippen LogP contribution in [0, 0.1) is 0 Å². The number of hydrogen-bond acceptors (Lipinski definition) is 2. The molecule has 1 unspecified atom stereocenters. The third kappa shape index (κ3) is 5.47. The molecule has 0 saturated carbocycles. The number of aliphatic hydroxyl groups excluding tert-OH is 1. The van der Waals surface area contributed by atoms with Crippen LogP contribution in [-0.2, 0) is 0 Å². The molecule has 0 aromatic heterocycles. The van der Waals surface area contributed by atoms with Crippen molar-refractivity contribution in [3.05, 3.63) is 0 Å². The van der Waals surface area contributed by atoms with E-state index in [9.17, 15) is 9.90 Å². The highest BCUT2D eigenvalue weighted by atomic mass is 16.3. The van der Waals surface area contributed by atoms with Gasteiger partial charge in [-0.2, -0.15) is 0 Å². The Morgan fingerprint density at radius 1 is 1.54 bits per heavy atom. The van der Waals surface area contributed by atoms with Gasteiger partial charge < -0.3 is 15.3 Å². The highest BCUT2D eigenvalue weighted by Gasteiger charge is 2.08. The summed E-state index contributed by atoms with van der Waals surface area (Å²) in [5.41, 5.74) is 0. The number of urea groups is 1. The number of aliphatic hydroxyl groups is 1. The monoisotopic (exact) mass is 188 g/mol. The van der Waals surface area contributed by atoms with Crippen LogP contribution in [0.3, 0.4) is 0 Å². The van der Waals surface area contributed by atoms with E-state index < -0.39 is 6.10 Å². The molecule has 0 aliphatic heterocycles. The molecule has 2 N–H and O–H groups in total. The minimum Gasteiger partial charge on any atom is -0.391 e. The van der Waals surface area contributed by atoms with Crippen LogP contribution in [0.15, 0.2) is 0 Å². The van der Waals surface area contributed by atoms with Crippen molar-refractivity contribution >= 4 is 6.03 Å². The Bertz CT molecular complexity index is 151. The lowest BCUT2D eigenvalue weighted by Gasteiger charge is -2.17. The molecule has 0 fully saturated rings. The smallest absolute Gasteiger partial charge is 0.317 e. The van der Waals surface area contributed by atoms with Crippen LogP contribution >= 0.6 is 0 Å². The molecule has 0 saturated heterocycles. The molecule has 4 nitrogen and oxygen atoms in total. The Hall–Kier alpha value is -0.770. The van der Waals surface area contributed by atoms with Crippen LogP contribution < -0.4 is 5.32 Å². The van der Waals surface area contributed by atoms with Crippen molar-refractivity contribution in [2.45, 2.75) is 32.8 Å². The Balaban J connectivity index is 3.57. The van der Waals surface area contributed by atoms with Gasteiger partial charge in [0, 0.05) is 20.1 Å². The summed E-state index contributed by atoms with van der Waals surface area (Å²) >= 11 is 0. The van der Waals surface area contributed by atoms with Gasteiger partial charge >= 0.3 is 6.03 Å². The van der Waals surface area contributed by atoms with Gasteiger partial charge in [0.15, 0.2) is 0 Å². The SMILES string of the molecule is CCCC(O)CNC(=O)N(C)CC. The maximum Gasteiger partial charge on any atom is 0.317 e. The fourth-order valence-corrected chi connectivity index (χ4v) is 0.919. The molecular formula is C9H20N2O2. The largest absolute Gasteiger partial charge is 0.391 e. The molecule has 4 heteroatoms. The van der Waals surface area contributed by atoms with Crippen molar-refractivity contribution in [2.75, 3.05) is 20.1 Å². The molecule has 0 spiro atoms. The lowest BCUT2D eigenvalue weighted by molar-refractivity contribution is 0.155. The Morgan fingerprint density at radius 3 is 2.62 bits per heavy atom. The molecule has 2 amide bonds. The zero-order valence-corrected chi connectivity index (χ0v) is 8.71. The fourth-order valence-electron chi connectivity index (χ4n) is 0.919. The van der Waals surface area contributed by atoms with Gasteiger partial charge in [-0.3, -0.25) is 0 Å². The first-order valence-electron chi connectivity index (χ1n) is 4.78. The molecule has 0 heterocycles. The third-order valence-electron chi connectivity index (χ3n) is 1.93.